The number of piperazine rings is 1. The van der Waals surface area contributed by atoms with Crippen LogP contribution in [-0.2, 0) is 28.9 Å². The topological polar surface area (TPSA) is 49.4 Å². The van der Waals surface area contributed by atoms with Crippen molar-refractivity contribution in [2.45, 2.75) is 32.1 Å². The number of rotatable bonds is 2. The van der Waals surface area contributed by atoms with Crippen LogP contribution in [0.2, 0.25) is 0 Å². The molecule has 1 aliphatic carbocycles. The van der Waals surface area contributed by atoms with Gasteiger partial charge in [0.15, 0.2) is 0 Å². The van der Waals surface area contributed by atoms with Crippen LogP contribution in [0.15, 0.2) is 18.2 Å². The third-order valence-electron chi connectivity index (χ3n) is 4.16. The second kappa shape index (κ2) is 5.65. The first-order valence-corrected chi connectivity index (χ1v) is 7.37. The molecule has 106 valence electrons. The highest BCUT2D eigenvalue weighted by Crippen LogP contribution is 2.22. The van der Waals surface area contributed by atoms with Gasteiger partial charge in [0.25, 0.3) is 0 Å². The summed E-state index contributed by atoms with van der Waals surface area (Å²) < 4.78 is 0. The number of benzene rings is 1. The van der Waals surface area contributed by atoms with E-state index in [1.807, 2.05) is 0 Å². The monoisotopic (exact) mass is 272 g/mol. The minimum atomic E-state index is -0.0601. The highest BCUT2D eigenvalue weighted by Gasteiger charge is 2.21. The summed E-state index contributed by atoms with van der Waals surface area (Å²) in [6, 6.07) is 6.41. The summed E-state index contributed by atoms with van der Waals surface area (Å²) in [5.74, 6) is -0.00866. The number of amides is 2. The van der Waals surface area contributed by atoms with Gasteiger partial charge in [-0.3, -0.25) is 9.59 Å². The Balaban J connectivity index is 1.68. The van der Waals surface area contributed by atoms with Crippen molar-refractivity contribution in [1.82, 2.24) is 10.2 Å². The zero-order chi connectivity index (χ0) is 13.9. The van der Waals surface area contributed by atoms with Gasteiger partial charge < -0.3 is 10.2 Å². The summed E-state index contributed by atoms with van der Waals surface area (Å²) >= 11 is 0. The molecule has 0 saturated carbocycles. The molecule has 2 aliphatic rings. The Hall–Kier alpha value is -1.84. The number of hydrogen-bond acceptors (Lipinski definition) is 2. The van der Waals surface area contributed by atoms with Gasteiger partial charge >= 0.3 is 0 Å². The summed E-state index contributed by atoms with van der Waals surface area (Å²) in [6.45, 7) is 1.38. The third kappa shape index (κ3) is 2.84. The Kier molecular flexibility index (Phi) is 3.72. The normalized spacial score (nSPS) is 18.4. The van der Waals surface area contributed by atoms with Crippen LogP contribution < -0.4 is 5.32 Å². The molecule has 1 aromatic rings. The SMILES string of the molecule is O=C1CN(C(=O)Cc2ccc3c(c2)CCCC3)CCN1. The predicted molar refractivity (Wildman–Crippen MR) is 76.4 cm³/mol. The van der Waals surface area contributed by atoms with Gasteiger partial charge in [-0.25, -0.2) is 0 Å². The van der Waals surface area contributed by atoms with Crippen LogP contribution in [0.4, 0.5) is 0 Å². The van der Waals surface area contributed by atoms with E-state index >= 15 is 0 Å². The summed E-state index contributed by atoms with van der Waals surface area (Å²) in [5.41, 5.74) is 3.91. The van der Waals surface area contributed by atoms with Gasteiger partial charge in [-0.05, 0) is 42.4 Å². The molecule has 0 spiro atoms. The Morgan fingerprint density at radius 1 is 1.20 bits per heavy atom. The molecule has 1 aromatic carbocycles. The standard InChI is InChI=1S/C16H20N2O2/c19-15-11-18(8-7-17-15)16(20)10-12-5-6-13-3-1-2-4-14(13)9-12/h5-6,9H,1-4,7-8,10-11H2,(H,17,19). The van der Waals surface area contributed by atoms with Gasteiger partial charge in [-0.1, -0.05) is 18.2 Å². The molecule has 1 heterocycles. The second-order valence-electron chi connectivity index (χ2n) is 5.65. The van der Waals surface area contributed by atoms with Gasteiger partial charge in [-0.15, -0.1) is 0 Å². The molecule has 0 aromatic heterocycles. The van der Waals surface area contributed by atoms with Gasteiger partial charge in [0.2, 0.25) is 11.8 Å². The number of carbonyl (C=O) groups is 2. The number of aryl methyl sites for hydroxylation is 2. The highest BCUT2D eigenvalue weighted by molar-refractivity contribution is 5.86. The van der Waals surface area contributed by atoms with E-state index in [2.05, 4.69) is 23.5 Å². The average Bonchev–Trinajstić information content (AvgIpc) is 2.47. The Morgan fingerprint density at radius 3 is 2.80 bits per heavy atom. The Bertz CT molecular complexity index is 539. The lowest BCUT2D eigenvalue weighted by Gasteiger charge is -2.27. The fourth-order valence-electron chi connectivity index (χ4n) is 3.03. The maximum absolute atomic E-state index is 12.2. The number of nitrogens with one attached hydrogen (secondary N) is 1. The van der Waals surface area contributed by atoms with Crippen molar-refractivity contribution < 1.29 is 9.59 Å². The molecule has 0 unspecified atom stereocenters. The van der Waals surface area contributed by atoms with Crippen LogP contribution in [0.3, 0.4) is 0 Å². The van der Waals surface area contributed by atoms with Gasteiger partial charge in [-0.2, -0.15) is 0 Å². The molecule has 20 heavy (non-hydrogen) atoms. The van der Waals surface area contributed by atoms with E-state index in [-0.39, 0.29) is 18.4 Å². The molecule has 1 aliphatic heterocycles. The summed E-state index contributed by atoms with van der Waals surface area (Å²) in [6.07, 6.45) is 5.21. The molecule has 1 saturated heterocycles. The molecular weight excluding hydrogens is 252 g/mol. The Morgan fingerprint density at radius 2 is 2.00 bits per heavy atom. The van der Waals surface area contributed by atoms with Gasteiger partial charge in [0.05, 0.1) is 13.0 Å². The van der Waals surface area contributed by atoms with Crippen molar-refractivity contribution in [3.63, 3.8) is 0 Å². The lowest BCUT2D eigenvalue weighted by molar-refractivity contribution is -0.137. The zero-order valence-electron chi connectivity index (χ0n) is 11.7. The number of nitrogens with zero attached hydrogens (tertiary/aromatic N) is 1. The number of hydrogen-bond donors (Lipinski definition) is 1. The molecule has 1 fully saturated rings. The largest absolute Gasteiger partial charge is 0.353 e. The van der Waals surface area contributed by atoms with Gasteiger partial charge in [0, 0.05) is 13.1 Å². The first kappa shape index (κ1) is 13.2. The maximum atomic E-state index is 12.2. The van der Waals surface area contributed by atoms with Crippen molar-refractivity contribution in [1.29, 1.82) is 0 Å². The van der Waals surface area contributed by atoms with E-state index in [1.165, 1.54) is 24.0 Å². The lowest BCUT2D eigenvalue weighted by Crippen LogP contribution is -2.50. The summed E-state index contributed by atoms with van der Waals surface area (Å²) in [4.78, 5) is 25.2. The third-order valence-corrected chi connectivity index (χ3v) is 4.16. The van der Waals surface area contributed by atoms with Crippen LogP contribution in [-0.4, -0.2) is 36.3 Å². The first-order chi connectivity index (χ1) is 9.72. The molecular formula is C16H20N2O2. The molecule has 0 radical (unpaired) electrons. The minimum Gasteiger partial charge on any atom is -0.353 e. The fraction of sp³-hybridized carbons (Fsp3) is 0.500. The first-order valence-electron chi connectivity index (χ1n) is 7.37. The van der Waals surface area contributed by atoms with Crippen molar-refractivity contribution in [3.05, 3.63) is 34.9 Å². The lowest BCUT2D eigenvalue weighted by atomic mass is 9.90. The zero-order valence-corrected chi connectivity index (χ0v) is 11.7. The summed E-state index contributed by atoms with van der Waals surface area (Å²) in [7, 11) is 0. The maximum Gasteiger partial charge on any atom is 0.239 e. The number of carbonyl (C=O) groups excluding carboxylic acids is 2. The van der Waals surface area contributed by atoms with E-state index < -0.39 is 0 Å². The molecule has 4 heteroatoms. The minimum absolute atomic E-state index is 0.0515. The van der Waals surface area contributed by atoms with Gasteiger partial charge in [0.1, 0.15) is 0 Å². The van der Waals surface area contributed by atoms with Crippen LogP contribution in [0.25, 0.3) is 0 Å². The van der Waals surface area contributed by atoms with Crippen molar-refractivity contribution in [3.8, 4) is 0 Å². The van der Waals surface area contributed by atoms with Crippen LogP contribution in [0, 0.1) is 0 Å². The van der Waals surface area contributed by atoms with E-state index in [1.54, 1.807) is 4.90 Å². The number of fused-ring (bicyclic) bond motifs is 1. The van der Waals surface area contributed by atoms with E-state index in [4.69, 9.17) is 0 Å². The highest BCUT2D eigenvalue weighted by atomic mass is 16.2. The van der Waals surface area contributed by atoms with Crippen molar-refractivity contribution in [2.75, 3.05) is 19.6 Å². The van der Waals surface area contributed by atoms with E-state index in [0.29, 0.717) is 19.5 Å². The molecule has 2 amide bonds. The smallest absolute Gasteiger partial charge is 0.239 e. The van der Waals surface area contributed by atoms with Crippen molar-refractivity contribution in [2.24, 2.45) is 0 Å². The fourth-order valence-corrected chi connectivity index (χ4v) is 3.03. The van der Waals surface area contributed by atoms with Crippen LogP contribution >= 0.6 is 0 Å². The van der Waals surface area contributed by atoms with E-state index in [0.717, 1.165) is 18.4 Å². The van der Waals surface area contributed by atoms with Crippen molar-refractivity contribution >= 4 is 11.8 Å². The quantitative estimate of drug-likeness (QED) is 0.875. The molecule has 1 N–H and O–H groups in total. The molecule has 0 bridgehead atoms. The molecule has 0 atom stereocenters. The molecule has 4 nitrogen and oxygen atoms in total. The second-order valence-corrected chi connectivity index (χ2v) is 5.65. The molecule has 3 rings (SSSR count). The van der Waals surface area contributed by atoms with Crippen LogP contribution in [0.5, 0.6) is 0 Å². The predicted octanol–water partition coefficient (Wildman–Crippen LogP) is 1.07. The van der Waals surface area contributed by atoms with E-state index in [9.17, 15) is 9.59 Å². The average molecular weight is 272 g/mol. The van der Waals surface area contributed by atoms with Crippen LogP contribution in [0.1, 0.15) is 29.5 Å². The summed E-state index contributed by atoms with van der Waals surface area (Å²) in [5, 5.41) is 2.74. The Labute approximate surface area is 119 Å².